The molecule has 0 N–H and O–H groups in total. The van der Waals surface area contributed by atoms with Gasteiger partial charge in [-0.2, -0.15) is 12.6 Å². The van der Waals surface area contributed by atoms with Crippen molar-refractivity contribution < 1.29 is 9.72 Å². The molecule has 1 unspecified atom stereocenters. The van der Waals surface area contributed by atoms with Gasteiger partial charge in [0.2, 0.25) is 5.91 Å². The first-order valence-electron chi connectivity index (χ1n) is 4.77. The fourth-order valence-electron chi connectivity index (χ4n) is 1.72. The van der Waals surface area contributed by atoms with Crippen molar-refractivity contribution in [1.82, 2.24) is 4.98 Å². The summed E-state index contributed by atoms with van der Waals surface area (Å²) in [6.07, 6.45) is 2.86. The van der Waals surface area contributed by atoms with Gasteiger partial charge in [0.25, 0.3) is 0 Å². The molecule has 0 bridgehead atoms. The van der Waals surface area contributed by atoms with E-state index in [0.717, 1.165) is 6.20 Å². The molecule has 1 fully saturated rings. The van der Waals surface area contributed by atoms with E-state index in [1.807, 2.05) is 0 Å². The van der Waals surface area contributed by atoms with Gasteiger partial charge < -0.3 is 4.90 Å². The lowest BCUT2D eigenvalue weighted by molar-refractivity contribution is -0.384. The molecule has 1 aliphatic rings. The van der Waals surface area contributed by atoms with Crippen molar-refractivity contribution in [2.24, 2.45) is 0 Å². The van der Waals surface area contributed by atoms with Crippen LogP contribution in [0.5, 0.6) is 0 Å². The second-order valence-electron chi connectivity index (χ2n) is 3.61. The summed E-state index contributed by atoms with van der Waals surface area (Å²) in [5.74, 6) is -0.167. The summed E-state index contributed by atoms with van der Waals surface area (Å²) in [6.45, 7) is 0.366. The third-order valence-corrected chi connectivity index (χ3v) is 3.35. The molecule has 1 amide bonds. The van der Waals surface area contributed by atoms with Crippen molar-refractivity contribution >= 4 is 45.8 Å². The third kappa shape index (κ3) is 2.27. The van der Waals surface area contributed by atoms with Crippen LogP contribution in [0.4, 0.5) is 11.4 Å². The first-order valence-corrected chi connectivity index (χ1v) is 6.08. The predicted molar refractivity (Wildman–Crippen MR) is 68.3 cm³/mol. The topological polar surface area (TPSA) is 76.3 Å². The van der Waals surface area contributed by atoms with Gasteiger partial charge in [-0.05, 0) is 15.9 Å². The van der Waals surface area contributed by atoms with Gasteiger partial charge in [-0.25, -0.2) is 0 Å². The summed E-state index contributed by atoms with van der Waals surface area (Å²) in [5, 5.41) is 10.8. The Morgan fingerprint density at radius 2 is 2.29 bits per heavy atom. The first kappa shape index (κ1) is 12.3. The van der Waals surface area contributed by atoms with Crippen LogP contribution in [-0.2, 0) is 4.79 Å². The molecule has 1 atom stereocenters. The average molecular weight is 318 g/mol. The van der Waals surface area contributed by atoms with E-state index in [2.05, 4.69) is 33.5 Å². The number of halogens is 1. The Hall–Kier alpha value is -1.15. The number of nitrogens with zero attached hydrogens (tertiary/aromatic N) is 3. The van der Waals surface area contributed by atoms with Gasteiger partial charge in [-0.15, -0.1) is 0 Å². The zero-order chi connectivity index (χ0) is 12.6. The maximum absolute atomic E-state index is 11.7. The van der Waals surface area contributed by atoms with Crippen molar-refractivity contribution in [2.45, 2.75) is 11.7 Å². The summed E-state index contributed by atoms with van der Waals surface area (Å²) in [5.41, 5.74) is 0.0710. The third-order valence-electron chi connectivity index (χ3n) is 2.42. The molecule has 6 nitrogen and oxygen atoms in total. The second-order valence-corrected chi connectivity index (χ2v) is 5.19. The number of carbonyl (C=O) groups excluding carboxylic acids is 1. The fraction of sp³-hybridized carbons (Fsp3) is 0.333. The van der Waals surface area contributed by atoms with E-state index < -0.39 is 4.92 Å². The summed E-state index contributed by atoms with van der Waals surface area (Å²) in [6, 6.07) is 0. The maximum atomic E-state index is 11.7. The Bertz CT molecular complexity index is 496. The van der Waals surface area contributed by atoms with E-state index in [1.165, 1.54) is 11.1 Å². The van der Waals surface area contributed by atoms with Crippen LogP contribution in [0.2, 0.25) is 0 Å². The first-order chi connectivity index (χ1) is 8.00. The Labute approximate surface area is 111 Å². The van der Waals surface area contributed by atoms with Gasteiger partial charge in [0.05, 0.1) is 9.40 Å². The lowest BCUT2D eigenvalue weighted by Crippen LogP contribution is -2.26. The quantitative estimate of drug-likeness (QED) is 0.512. The normalized spacial score (nSPS) is 19.8. The minimum atomic E-state index is -0.549. The Kier molecular flexibility index (Phi) is 3.34. The SMILES string of the molecule is O=C1CC(S)CN1c1c(Br)cncc1[N+](=O)[O-]. The molecule has 1 aromatic rings. The highest BCUT2D eigenvalue weighted by molar-refractivity contribution is 9.10. The second kappa shape index (κ2) is 4.61. The van der Waals surface area contributed by atoms with Crippen LogP contribution in [0, 0.1) is 10.1 Å². The molecule has 1 aromatic heterocycles. The van der Waals surface area contributed by atoms with E-state index >= 15 is 0 Å². The number of hydrogen-bond acceptors (Lipinski definition) is 5. The number of rotatable bonds is 2. The Morgan fingerprint density at radius 3 is 2.82 bits per heavy atom. The number of carbonyl (C=O) groups is 1. The van der Waals surface area contributed by atoms with Crippen LogP contribution in [0.1, 0.15) is 6.42 Å². The maximum Gasteiger partial charge on any atom is 0.312 e. The zero-order valence-electron chi connectivity index (χ0n) is 8.54. The smallest absolute Gasteiger partial charge is 0.304 e. The Balaban J connectivity index is 2.51. The summed E-state index contributed by atoms with van der Waals surface area (Å²) in [4.78, 5) is 27.2. The molecule has 90 valence electrons. The summed E-state index contributed by atoms with van der Waals surface area (Å²) >= 11 is 7.41. The molecule has 1 saturated heterocycles. The predicted octanol–water partition coefficient (Wildman–Crippen LogP) is 1.79. The van der Waals surface area contributed by atoms with Crippen LogP contribution in [0.25, 0.3) is 0 Å². The molecule has 0 aromatic carbocycles. The number of pyridine rings is 1. The summed E-state index contributed by atoms with van der Waals surface area (Å²) < 4.78 is 0.433. The minimum Gasteiger partial charge on any atom is -0.304 e. The number of amides is 1. The standard InChI is InChI=1S/C9H8BrN3O3S/c10-6-2-11-3-7(13(15)16)9(6)12-4-5(17)1-8(12)14/h2-3,5,17H,1,4H2. The van der Waals surface area contributed by atoms with Crippen LogP contribution >= 0.6 is 28.6 Å². The van der Waals surface area contributed by atoms with E-state index in [9.17, 15) is 14.9 Å². The summed E-state index contributed by atoms with van der Waals surface area (Å²) in [7, 11) is 0. The number of anilines is 1. The van der Waals surface area contributed by atoms with Gasteiger partial charge in [-0.1, -0.05) is 0 Å². The highest BCUT2D eigenvalue weighted by Crippen LogP contribution is 2.37. The van der Waals surface area contributed by atoms with Crippen molar-refractivity contribution in [2.75, 3.05) is 11.4 Å². The molecule has 8 heteroatoms. The van der Waals surface area contributed by atoms with Gasteiger partial charge in [0, 0.05) is 24.4 Å². The van der Waals surface area contributed by atoms with Crippen molar-refractivity contribution in [3.05, 3.63) is 27.0 Å². The van der Waals surface area contributed by atoms with Crippen LogP contribution in [0.15, 0.2) is 16.9 Å². The molecule has 17 heavy (non-hydrogen) atoms. The van der Waals surface area contributed by atoms with E-state index in [0.29, 0.717) is 11.0 Å². The van der Waals surface area contributed by atoms with Crippen LogP contribution < -0.4 is 4.90 Å². The number of aromatic nitrogens is 1. The fourth-order valence-corrected chi connectivity index (χ4v) is 2.58. The molecule has 2 heterocycles. The highest BCUT2D eigenvalue weighted by Gasteiger charge is 2.34. The largest absolute Gasteiger partial charge is 0.312 e. The van der Waals surface area contributed by atoms with Gasteiger partial charge >= 0.3 is 5.69 Å². The monoisotopic (exact) mass is 317 g/mol. The lowest BCUT2D eigenvalue weighted by atomic mass is 10.3. The molecular formula is C9H8BrN3O3S. The molecule has 1 aliphatic heterocycles. The van der Waals surface area contributed by atoms with Crippen molar-refractivity contribution in [3.8, 4) is 0 Å². The molecule has 0 radical (unpaired) electrons. The van der Waals surface area contributed by atoms with E-state index in [-0.39, 0.29) is 29.0 Å². The zero-order valence-corrected chi connectivity index (χ0v) is 11.0. The Morgan fingerprint density at radius 1 is 1.59 bits per heavy atom. The van der Waals surface area contributed by atoms with E-state index in [1.54, 1.807) is 0 Å². The lowest BCUT2D eigenvalue weighted by Gasteiger charge is -2.17. The van der Waals surface area contributed by atoms with Crippen molar-refractivity contribution in [3.63, 3.8) is 0 Å². The highest BCUT2D eigenvalue weighted by atomic mass is 79.9. The van der Waals surface area contributed by atoms with Crippen LogP contribution in [-0.4, -0.2) is 27.6 Å². The van der Waals surface area contributed by atoms with Gasteiger partial charge in [0.15, 0.2) is 0 Å². The number of thiol groups is 1. The average Bonchev–Trinajstić information content (AvgIpc) is 2.57. The van der Waals surface area contributed by atoms with Gasteiger partial charge in [0.1, 0.15) is 11.9 Å². The molecule has 0 aliphatic carbocycles. The van der Waals surface area contributed by atoms with E-state index in [4.69, 9.17) is 0 Å². The van der Waals surface area contributed by atoms with Gasteiger partial charge in [-0.3, -0.25) is 19.9 Å². The molecule has 0 spiro atoms. The number of nitro groups is 1. The van der Waals surface area contributed by atoms with Crippen molar-refractivity contribution in [1.29, 1.82) is 0 Å². The number of hydrogen-bond donors (Lipinski definition) is 1. The van der Waals surface area contributed by atoms with Crippen LogP contribution in [0.3, 0.4) is 0 Å². The molecule has 0 saturated carbocycles. The molecular weight excluding hydrogens is 310 g/mol. The minimum absolute atomic E-state index is 0.0952. The molecule has 2 rings (SSSR count).